The number of hydrogen-bond acceptors (Lipinski definition) is 3. The van der Waals surface area contributed by atoms with Crippen LogP contribution in [0.3, 0.4) is 0 Å². The van der Waals surface area contributed by atoms with Gasteiger partial charge in [-0.15, -0.1) is 0 Å². The van der Waals surface area contributed by atoms with E-state index in [0.717, 1.165) is 0 Å². The van der Waals surface area contributed by atoms with E-state index >= 15 is 0 Å². The van der Waals surface area contributed by atoms with Gasteiger partial charge in [0, 0.05) is 6.61 Å². The molecule has 0 saturated carbocycles. The summed E-state index contributed by atoms with van der Waals surface area (Å²) in [5, 5.41) is 8.10. The summed E-state index contributed by atoms with van der Waals surface area (Å²) in [6, 6.07) is 0. The van der Waals surface area contributed by atoms with Gasteiger partial charge in [0.1, 0.15) is 13.2 Å². The predicted molar refractivity (Wildman–Crippen MR) is 36.5 cm³/mol. The van der Waals surface area contributed by atoms with Crippen LogP contribution in [0.5, 0.6) is 0 Å². The standard InChI is InChI=1S/C6H13F2NO2/c7-6(8,4-10)5-11-3-1-2-9/h10H,1-5,9H2. The van der Waals surface area contributed by atoms with Crippen LogP contribution < -0.4 is 5.73 Å². The Morgan fingerprint density at radius 3 is 2.55 bits per heavy atom. The van der Waals surface area contributed by atoms with Crippen molar-refractivity contribution in [1.82, 2.24) is 0 Å². The van der Waals surface area contributed by atoms with Gasteiger partial charge in [-0.25, -0.2) is 8.78 Å². The average molecular weight is 169 g/mol. The molecule has 3 N–H and O–H groups in total. The summed E-state index contributed by atoms with van der Waals surface area (Å²) in [5.41, 5.74) is 5.09. The molecule has 5 heteroatoms. The van der Waals surface area contributed by atoms with E-state index in [-0.39, 0.29) is 6.61 Å². The van der Waals surface area contributed by atoms with Crippen LogP contribution in [-0.4, -0.2) is 37.4 Å². The quantitative estimate of drug-likeness (QED) is 0.549. The van der Waals surface area contributed by atoms with Crippen LogP contribution in [0.4, 0.5) is 8.78 Å². The molecule has 0 amide bonds. The van der Waals surface area contributed by atoms with Gasteiger partial charge in [0.2, 0.25) is 0 Å². The summed E-state index contributed by atoms with van der Waals surface area (Å²) in [5.74, 6) is -3.12. The molecule has 0 heterocycles. The van der Waals surface area contributed by atoms with Gasteiger partial charge in [-0.3, -0.25) is 0 Å². The third-order valence-corrected chi connectivity index (χ3v) is 1.04. The molecule has 0 fully saturated rings. The van der Waals surface area contributed by atoms with Gasteiger partial charge in [-0.2, -0.15) is 0 Å². The lowest BCUT2D eigenvalue weighted by Gasteiger charge is -2.12. The Morgan fingerprint density at radius 2 is 2.09 bits per heavy atom. The fourth-order valence-corrected chi connectivity index (χ4v) is 0.453. The summed E-state index contributed by atoms with van der Waals surface area (Å²) in [7, 11) is 0. The first kappa shape index (κ1) is 10.7. The largest absolute Gasteiger partial charge is 0.390 e. The van der Waals surface area contributed by atoms with Crippen LogP contribution in [0.25, 0.3) is 0 Å². The number of rotatable bonds is 6. The molecule has 0 radical (unpaired) electrons. The molecule has 0 aromatic heterocycles. The number of alkyl halides is 2. The van der Waals surface area contributed by atoms with Crippen LogP contribution in [0.1, 0.15) is 6.42 Å². The molecule has 0 aromatic carbocycles. The third kappa shape index (κ3) is 6.15. The number of aliphatic hydroxyl groups excluding tert-OH is 1. The second kappa shape index (κ2) is 5.40. The van der Waals surface area contributed by atoms with Gasteiger partial charge in [0.15, 0.2) is 0 Å². The van der Waals surface area contributed by atoms with Crippen LogP contribution in [0.15, 0.2) is 0 Å². The van der Waals surface area contributed by atoms with Gasteiger partial charge < -0.3 is 15.6 Å². The van der Waals surface area contributed by atoms with E-state index in [2.05, 4.69) is 4.74 Å². The van der Waals surface area contributed by atoms with Crippen molar-refractivity contribution in [2.45, 2.75) is 12.3 Å². The summed E-state index contributed by atoms with van der Waals surface area (Å²) in [6.45, 7) is -1.27. The molecule has 0 saturated heterocycles. The lowest BCUT2D eigenvalue weighted by Crippen LogP contribution is -2.28. The van der Waals surface area contributed by atoms with E-state index in [4.69, 9.17) is 10.8 Å². The monoisotopic (exact) mass is 169 g/mol. The summed E-state index contributed by atoms with van der Waals surface area (Å²) in [4.78, 5) is 0. The molecule has 0 atom stereocenters. The highest BCUT2D eigenvalue weighted by Gasteiger charge is 2.27. The van der Waals surface area contributed by atoms with E-state index in [0.29, 0.717) is 13.0 Å². The molecule has 3 nitrogen and oxygen atoms in total. The average Bonchev–Trinajstić information content (AvgIpc) is 1.99. The summed E-state index contributed by atoms with van der Waals surface area (Å²) < 4.78 is 28.9. The molecule has 0 unspecified atom stereocenters. The number of halogens is 2. The Morgan fingerprint density at radius 1 is 1.45 bits per heavy atom. The molecule has 0 aliphatic rings. The molecule has 0 rings (SSSR count). The van der Waals surface area contributed by atoms with Gasteiger partial charge in [-0.05, 0) is 13.0 Å². The van der Waals surface area contributed by atoms with E-state index in [1.54, 1.807) is 0 Å². The second-order valence-corrected chi connectivity index (χ2v) is 2.21. The first-order chi connectivity index (χ1) is 5.12. The Kier molecular flexibility index (Phi) is 5.27. The third-order valence-electron chi connectivity index (χ3n) is 1.04. The van der Waals surface area contributed by atoms with E-state index in [1.165, 1.54) is 0 Å². The van der Waals surface area contributed by atoms with Gasteiger partial charge >= 0.3 is 0 Å². The Balaban J connectivity index is 3.23. The van der Waals surface area contributed by atoms with E-state index in [9.17, 15) is 8.78 Å². The summed E-state index contributed by atoms with van der Waals surface area (Å²) in [6.07, 6.45) is 0.557. The molecule has 11 heavy (non-hydrogen) atoms. The Hall–Kier alpha value is -0.260. The molecule has 0 spiro atoms. The molecule has 0 aliphatic carbocycles. The predicted octanol–water partition coefficient (Wildman–Crippen LogP) is -0.0206. The smallest absolute Gasteiger partial charge is 0.293 e. The SMILES string of the molecule is NCCCOCC(F)(F)CO. The molecule has 0 aliphatic heterocycles. The summed E-state index contributed by atoms with van der Waals surface area (Å²) >= 11 is 0. The van der Waals surface area contributed by atoms with Gasteiger partial charge in [0.25, 0.3) is 5.92 Å². The minimum atomic E-state index is -3.12. The molecular formula is C6H13F2NO2. The highest BCUT2D eigenvalue weighted by Crippen LogP contribution is 2.11. The van der Waals surface area contributed by atoms with Crippen molar-refractivity contribution < 1.29 is 18.6 Å². The highest BCUT2D eigenvalue weighted by molar-refractivity contribution is 4.61. The number of aliphatic hydroxyl groups is 1. The lowest BCUT2D eigenvalue weighted by molar-refractivity contribution is -0.107. The van der Waals surface area contributed by atoms with Crippen molar-refractivity contribution in [2.24, 2.45) is 5.73 Å². The lowest BCUT2D eigenvalue weighted by atomic mass is 10.4. The highest BCUT2D eigenvalue weighted by atomic mass is 19.3. The number of hydrogen-bond donors (Lipinski definition) is 2. The van der Waals surface area contributed by atoms with Crippen LogP contribution in [-0.2, 0) is 4.74 Å². The normalized spacial score (nSPS) is 12.0. The van der Waals surface area contributed by atoms with Crippen LogP contribution >= 0.6 is 0 Å². The van der Waals surface area contributed by atoms with Crippen molar-refractivity contribution in [3.8, 4) is 0 Å². The Bertz CT molecular complexity index is 101. The first-order valence-corrected chi connectivity index (χ1v) is 3.39. The van der Waals surface area contributed by atoms with Crippen molar-refractivity contribution in [2.75, 3.05) is 26.4 Å². The maximum atomic E-state index is 12.2. The van der Waals surface area contributed by atoms with Crippen molar-refractivity contribution in [3.05, 3.63) is 0 Å². The fraction of sp³-hybridized carbons (Fsp3) is 1.00. The number of nitrogens with two attached hydrogens (primary N) is 1. The first-order valence-electron chi connectivity index (χ1n) is 3.39. The molecule has 0 bridgehead atoms. The van der Waals surface area contributed by atoms with Gasteiger partial charge in [0.05, 0.1) is 0 Å². The van der Waals surface area contributed by atoms with Gasteiger partial charge in [-0.1, -0.05) is 0 Å². The zero-order valence-corrected chi connectivity index (χ0v) is 6.22. The minimum absolute atomic E-state index is 0.214. The zero-order chi connectivity index (χ0) is 8.74. The Labute approximate surface area is 64.1 Å². The molecular weight excluding hydrogens is 156 g/mol. The zero-order valence-electron chi connectivity index (χ0n) is 6.22. The maximum absolute atomic E-state index is 12.2. The van der Waals surface area contributed by atoms with Crippen molar-refractivity contribution >= 4 is 0 Å². The van der Waals surface area contributed by atoms with Crippen molar-refractivity contribution in [3.63, 3.8) is 0 Å². The van der Waals surface area contributed by atoms with Crippen LogP contribution in [0, 0.1) is 0 Å². The second-order valence-electron chi connectivity index (χ2n) is 2.21. The van der Waals surface area contributed by atoms with E-state index in [1.807, 2.05) is 0 Å². The minimum Gasteiger partial charge on any atom is -0.390 e. The maximum Gasteiger partial charge on any atom is 0.293 e. The van der Waals surface area contributed by atoms with Crippen molar-refractivity contribution in [1.29, 1.82) is 0 Å². The fourth-order valence-electron chi connectivity index (χ4n) is 0.453. The molecule has 0 aromatic rings. The van der Waals surface area contributed by atoms with Crippen LogP contribution in [0.2, 0.25) is 0 Å². The van der Waals surface area contributed by atoms with E-state index < -0.39 is 19.1 Å². The number of ether oxygens (including phenoxy) is 1. The topological polar surface area (TPSA) is 55.5 Å². The molecule has 68 valence electrons.